The highest BCUT2D eigenvalue weighted by Crippen LogP contribution is 2.41. The summed E-state index contributed by atoms with van der Waals surface area (Å²) >= 11 is 6.27. The number of halogens is 2. The summed E-state index contributed by atoms with van der Waals surface area (Å²) in [7, 11) is 0. The first kappa shape index (κ1) is 14.3. The van der Waals surface area contributed by atoms with Crippen LogP contribution in [0.1, 0.15) is 23.0 Å². The zero-order valence-corrected chi connectivity index (χ0v) is 13.5. The van der Waals surface area contributed by atoms with E-state index in [1.807, 2.05) is 32.0 Å². The molecule has 0 bridgehead atoms. The molecule has 0 saturated heterocycles. The van der Waals surface area contributed by atoms with E-state index in [0.717, 1.165) is 22.6 Å². The van der Waals surface area contributed by atoms with Crippen LogP contribution in [0.4, 0.5) is 10.1 Å². The molecule has 0 aliphatic carbocycles. The Morgan fingerprint density at radius 2 is 2.00 bits per heavy atom. The number of rotatable bonds is 1. The van der Waals surface area contributed by atoms with Gasteiger partial charge in [0.1, 0.15) is 5.82 Å². The molecule has 0 fully saturated rings. The number of hydrogen-bond donors (Lipinski definition) is 1. The van der Waals surface area contributed by atoms with E-state index < -0.39 is 6.17 Å². The first-order valence-electron chi connectivity index (χ1n) is 7.42. The Hall–Kier alpha value is -2.33. The van der Waals surface area contributed by atoms with Crippen LogP contribution in [0.5, 0.6) is 0 Å². The summed E-state index contributed by atoms with van der Waals surface area (Å²) in [6.07, 6.45) is -0.470. The minimum atomic E-state index is -0.470. The topological polar surface area (TPSA) is 29.9 Å². The van der Waals surface area contributed by atoms with Gasteiger partial charge in [0.25, 0.3) is 0 Å². The maximum absolute atomic E-state index is 14.4. The minimum absolute atomic E-state index is 0.343. The first-order chi connectivity index (χ1) is 11.0. The number of hydrogen-bond acceptors (Lipinski definition) is 2. The molecule has 1 aromatic heterocycles. The van der Waals surface area contributed by atoms with Gasteiger partial charge in [0.05, 0.1) is 22.0 Å². The molecule has 4 rings (SSSR count). The van der Waals surface area contributed by atoms with Gasteiger partial charge in [0.15, 0.2) is 6.17 Å². The monoisotopic (exact) mass is 327 g/mol. The van der Waals surface area contributed by atoms with Crippen molar-refractivity contribution >= 4 is 17.3 Å². The lowest BCUT2D eigenvalue weighted by Crippen LogP contribution is -2.27. The van der Waals surface area contributed by atoms with Crippen molar-refractivity contribution < 1.29 is 4.39 Å². The molecule has 1 aliphatic rings. The fourth-order valence-electron chi connectivity index (χ4n) is 3.09. The Bertz CT molecular complexity index is 896. The predicted molar refractivity (Wildman–Crippen MR) is 90.3 cm³/mol. The molecule has 5 heteroatoms. The normalized spacial score (nSPS) is 15.7. The third-order valence-corrected chi connectivity index (χ3v) is 4.45. The van der Waals surface area contributed by atoms with Crippen LogP contribution >= 0.6 is 11.6 Å². The lowest BCUT2D eigenvalue weighted by Gasteiger charge is -2.30. The molecule has 3 aromatic rings. The number of aromatic nitrogens is 2. The van der Waals surface area contributed by atoms with Crippen molar-refractivity contribution in [1.29, 1.82) is 0 Å². The van der Waals surface area contributed by atoms with Gasteiger partial charge in [0.2, 0.25) is 0 Å². The highest BCUT2D eigenvalue weighted by Gasteiger charge is 2.29. The van der Waals surface area contributed by atoms with Crippen LogP contribution < -0.4 is 5.32 Å². The molecular weight excluding hydrogens is 313 g/mol. The quantitative estimate of drug-likeness (QED) is 0.686. The number of nitrogens with zero attached hydrogens (tertiary/aromatic N) is 2. The predicted octanol–water partition coefficient (Wildman–Crippen LogP) is 4.93. The summed E-state index contributed by atoms with van der Waals surface area (Å²) in [5, 5.41) is 8.30. The number of anilines is 1. The van der Waals surface area contributed by atoms with E-state index in [2.05, 4.69) is 16.5 Å². The van der Waals surface area contributed by atoms with Crippen molar-refractivity contribution in [2.24, 2.45) is 0 Å². The Balaban J connectivity index is 1.96. The lowest BCUT2D eigenvalue weighted by atomic mass is 10.0. The molecule has 1 N–H and O–H groups in total. The molecule has 0 saturated carbocycles. The molecule has 0 amide bonds. The summed E-state index contributed by atoms with van der Waals surface area (Å²) in [6, 6.07) is 12.9. The second-order valence-electron chi connectivity index (χ2n) is 5.85. The summed E-state index contributed by atoms with van der Waals surface area (Å²) in [5.74, 6) is -0.343. The van der Waals surface area contributed by atoms with Crippen molar-refractivity contribution in [2.45, 2.75) is 20.0 Å². The van der Waals surface area contributed by atoms with Gasteiger partial charge < -0.3 is 5.32 Å². The van der Waals surface area contributed by atoms with Gasteiger partial charge in [0, 0.05) is 11.3 Å². The zero-order valence-electron chi connectivity index (χ0n) is 12.8. The highest BCUT2D eigenvalue weighted by molar-refractivity contribution is 6.31. The van der Waals surface area contributed by atoms with Crippen LogP contribution in [0.3, 0.4) is 0 Å². The van der Waals surface area contributed by atoms with Gasteiger partial charge in [-0.15, -0.1) is 0 Å². The van der Waals surface area contributed by atoms with Crippen LogP contribution in [0.15, 0.2) is 42.5 Å². The molecule has 1 aliphatic heterocycles. The average molecular weight is 328 g/mol. The van der Waals surface area contributed by atoms with Gasteiger partial charge in [-0.1, -0.05) is 29.3 Å². The Kier molecular flexibility index (Phi) is 3.16. The summed E-state index contributed by atoms with van der Waals surface area (Å²) < 4.78 is 16.2. The lowest BCUT2D eigenvalue weighted by molar-refractivity contribution is 0.527. The average Bonchev–Trinajstić information content (AvgIpc) is 2.89. The Morgan fingerprint density at radius 3 is 2.78 bits per heavy atom. The van der Waals surface area contributed by atoms with Crippen LogP contribution in [0, 0.1) is 19.7 Å². The standard InChI is InChI=1S/C18H15ClFN3/c1-10-6-7-15-12(8-10)16-9-11(2)22-23(16)18(21-15)17-13(19)4-3-5-14(17)20/h3-9,18,21H,1-2H3. The van der Waals surface area contributed by atoms with E-state index in [9.17, 15) is 4.39 Å². The van der Waals surface area contributed by atoms with Gasteiger partial charge in [-0.3, -0.25) is 0 Å². The SMILES string of the molecule is Cc1ccc2c(c1)-c1cc(C)nn1C(c1c(F)cccc1Cl)N2. The third-order valence-electron chi connectivity index (χ3n) is 4.12. The van der Waals surface area contributed by atoms with Gasteiger partial charge >= 0.3 is 0 Å². The summed E-state index contributed by atoms with van der Waals surface area (Å²) in [4.78, 5) is 0. The third kappa shape index (κ3) is 2.21. The second-order valence-corrected chi connectivity index (χ2v) is 6.25. The molecule has 0 radical (unpaired) electrons. The molecule has 116 valence electrons. The molecule has 2 heterocycles. The van der Waals surface area contributed by atoms with Crippen molar-refractivity contribution in [1.82, 2.24) is 9.78 Å². The molecule has 1 unspecified atom stereocenters. The second kappa shape index (κ2) is 5.10. The van der Waals surface area contributed by atoms with Crippen LogP contribution in [-0.4, -0.2) is 9.78 Å². The van der Waals surface area contributed by atoms with Crippen LogP contribution in [0.25, 0.3) is 11.3 Å². The molecule has 23 heavy (non-hydrogen) atoms. The Labute approximate surface area is 138 Å². The minimum Gasteiger partial charge on any atom is -0.359 e. The van der Waals surface area contributed by atoms with E-state index >= 15 is 0 Å². The number of fused-ring (bicyclic) bond motifs is 3. The van der Waals surface area contributed by atoms with Crippen molar-refractivity contribution in [2.75, 3.05) is 5.32 Å². The van der Waals surface area contributed by atoms with Crippen molar-refractivity contribution in [3.8, 4) is 11.3 Å². The van der Waals surface area contributed by atoms with E-state index in [0.29, 0.717) is 10.6 Å². The van der Waals surface area contributed by atoms with Crippen molar-refractivity contribution in [3.05, 3.63) is 70.1 Å². The zero-order chi connectivity index (χ0) is 16.1. The number of benzene rings is 2. The van der Waals surface area contributed by atoms with Crippen molar-refractivity contribution in [3.63, 3.8) is 0 Å². The smallest absolute Gasteiger partial charge is 0.151 e. The number of nitrogens with one attached hydrogen (secondary N) is 1. The van der Waals surface area contributed by atoms with Gasteiger partial charge in [-0.25, -0.2) is 9.07 Å². The molecule has 2 aromatic carbocycles. The fourth-order valence-corrected chi connectivity index (χ4v) is 3.35. The van der Waals surface area contributed by atoms with E-state index in [-0.39, 0.29) is 5.82 Å². The van der Waals surface area contributed by atoms with Gasteiger partial charge in [-0.05, 0) is 44.2 Å². The van der Waals surface area contributed by atoms with E-state index in [1.165, 1.54) is 11.6 Å². The van der Waals surface area contributed by atoms with E-state index in [4.69, 9.17) is 11.6 Å². The Morgan fingerprint density at radius 1 is 1.17 bits per heavy atom. The summed E-state index contributed by atoms with van der Waals surface area (Å²) in [6.45, 7) is 3.98. The number of aryl methyl sites for hydroxylation is 2. The maximum Gasteiger partial charge on any atom is 0.151 e. The van der Waals surface area contributed by atoms with Gasteiger partial charge in [-0.2, -0.15) is 5.10 Å². The first-order valence-corrected chi connectivity index (χ1v) is 7.80. The highest BCUT2D eigenvalue weighted by atomic mass is 35.5. The maximum atomic E-state index is 14.4. The van der Waals surface area contributed by atoms with Crippen LogP contribution in [-0.2, 0) is 0 Å². The molecule has 0 spiro atoms. The molecule has 3 nitrogen and oxygen atoms in total. The molecular formula is C18H15ClFN3. The summed E-state index contributed by atoms with van der Waals surface area (Å²) in [5.41, 5.74) is 5.43. The van der Waals surface area contributed by atoms with Crippen LogP contribution in [0.2, 0.25) is 5.02 Å². The largest absolute Gasteiger partial charge is 0.359 e. The van der Waals surface area contributed by atoms with E-state index in [1.54, 1.807) is 16.8 Å². The fraction of sp³-hybridized carbons (Fsp3) is 0.167. The molecule has 1 atom stereocenters.